The minimum atomic E-state index is -0.151. The summed E-state index contributed by atoms with van der Waals surface area (Å²) in [5.41, 5.74) is 0.515. The van der Waals surface area contributed by atoms with Crippen molar-refractivity contribution in [1.29, 1.82) is 0 Å². The van der Waals surface area contributed by atoms with E-state index in [1.807, 2.05) is 24.0 Å². The van der Waals surface area contributed by atoms with E-state index in [1.165, 1.54) is 23.7 Å². The Bertz CT molecular complexity index is 732. The first kappa shape index (κ1) is 14.8. The lowest BCUT2D eigenvalue weighted by atomic mass is 10.2. The van der Waals surface area contributed by atoms with Crippen molar-refractivity contribution in [3.05, 3.63) is 40.9 Å². The van der Waals surface area contributed by atoms with E-state index in [1.54, 1.807) is 12.1 Å². The van der Waals surface area contributed by atoms with E-state index in [0.29, 0.717) is 23.5 Å². The van der Waals surface area contributed by atoms with E-state index in [9.17, 15) is 9.59 Å². The standard InChI is InChI=1S/C17H21N3O2/c1-2-20(13-7-3-4-8-13)16(21)11-19-12-18-15-10-6-5-9-14(15)17(19)22/h5-6,9-10,12-13H,2-4,7-8,11H2,1H3. The number of carbonyl (C=O) groups excluding carboxylic acids is 1. The number of likely N-dealkylation sites (N-methyl/N-ethyl adjacent to an activating group) is 1. The van der Waals surface area contributed by atoms with Crippen molar-refractivity contribution in [2.45, 2.75) is 45.2 Å². The maximum Gasteiger partial charge on any atom is 0.261 e. The summed E-state index contributed by atoms with van der Waals surface area (Å²) in [4.78, 5) is 31.2. The molecule has 0 bridgehead atoms. The third-order valence-electron chi connectivity index (χ3n) is 4.46. The van der Waals surface area contributed by atoms with Gasteiger partial charge in [-0.2, -0.15) is 0 Å². The van der Waals surface area contributed by atoms with Gasteiger partial charge >= 0.3 is 0 Å². The van der Waals surface area contributed by atoms with Gasteiger partial charge in [0.2, 0.25) is 5.91 Å². The lowest BCUT2D eigenvalue weighted by molar-refractivity contribution is -0.133. The van der Waals surface area contributed by atoms with Crippen LogP contribution in [0, 0.1) is 0 Å². The minimum absolute atomic E-state index is 0.00795. The van der Waals surface area contributed by atoms with Crippen LogP contribution in [0.15, 0.2) is 35.4 Å². The average Bonchev–Trinajstić information content (AvgIpc) is 3.05. The summed E-state index contributed by atoms with van der Waals surface area (Å²) in [7, 11) is 0. The van der Waals surface area contributed by atoms with Crippen molar-refractivity contribution in [3.8, 4) is 0 Å². The molecular weight excluding hydrogens is 278 g/mol. The highest BCUT2D eigenvalue weighted by Gasteiger charge is 2.25. The van der Waals surface area contributed by atoms with Gasteiger partial charge in [-0.15, -0.1) is 0 Å². The molecule has 1 aromatic heterocycles. The maximum atomic E-state index is 12.6. The van der Waals surface area contributed by atoms with Crippen LogP contribution in [0.4, 0.5) is 0 Å². The van der Waals surface area contributed by atoms with Gasteiger partial charge in [0.1, 0.15) is 6.54 Å². The molecule has 0 atom stereocenters. The smallest absolute Gasteiger partial charge is 0.261 e. The number of carbonyl (C=O) groups is 1. The maximum absolute atomic E-state index is 12.6. The van der Waals surface area contributed by atoms with Crippen LogP contribution in [0.5, 0.6) is 0 Å². The lowest BCUT2D eigenvalue weighted by Gasteiger charge is -2.27. The molecule has 0 unspecified atom stereocenters. The minimum Gasteiger partial charge on any atom is -0.338 e. The second-order valence-corrected chi connectivity index (χ2v) is 5.81. The SMILES string of the molecule is CCN(C(=O)Cn1cnc2ccccc2c1=O)C1CCCC1. The van der Waals surface area contributed by atoms with Crippen molar-refractivity contribution in [2.75, 3.05) is 6.54 Å². The largest absolute Gasteiger partial charge is 0.338 e. The van der Waals surface area contributed by atoms with Gasteiger partial charge in [0.05, 0.1) is 17.2 Å². The molecule has 5 heteroatoms. The summed E-state index contributed by atoms with van der Waals surface area (Å²) in [5, 5.41) is 0.557. The highest BCUT2D eigenvalue weighted by Crippen LogP contribution is 2.23. The molecule has 0 spiro atoms. The third-order valence-corrected chi connectivity index (χ3v) is 4.46. The first-order chi connectivity index (χ1) is 10.7. The van der Waals surface area contributed by atoms with Crippen LogP contribution < -0.4 is 5.56 Å². The molecule has 0 saturated heterocycles. The van der Waals surface area contributed by atoms with Gasteiger partial charge < -0.3 is 4.90 Å². The fourth-order valence-corrected chi connectivity index (χ4v) is 3.31. The van der Waals surface area contributed by atoms with Crippen LogP contribution in [0.2, 0.25) is 0 Å². The number of rotatable bonds is 4. The van der Waals surface area contributed by atoms with Crippen molar-refractivity contribution >= 4 is 16.8 Å². The molecule has 22 heavy (non-hydrogen) atoms. The molecule has 1 amide bonds. The van der Waals surface area contributed by atoms with E-state index >= 15 is 0 Å². The second-order valence-electron chi connectivity index (χ2n) is 5.81. The quantitative estimate of drug-likeness (QED) is 0.869. The molecule has 0 aliphatic heterocycles. The number of hydrogen-bond acceptors (Lipinski definition) is 3. The second kappa shape index (κ2) is 6.30. The van der Waals surface area contributed by atoms with Gasteiger partial charge in [0.25, 0.3) is 5.56 Å². The highest BCUT2D eigenvalue weighted by molar-refractivity contribution is 5.79. The zero-order chi connectivity index (χ0) is 15.5. The molecule has 1 heterocycles. The predicted octanol–water partition coefficient (Wildman–Crippen LogP) is 2.19. The molecule has 1 aliphatic rings. The van der Waals surface area contributed by atoms with E-state index in [-0.39, 0.29) is 18.0 Å². The van der Waals surface area contributed by atoms with Gasteiger partial charge in [0, 0.05) is 12.6 Å². The number of fused-ring (bicyclic) bond motifs is 1. The fourth-order valence-electron chi connectivity index (χ4n) is 3.31. The monoisotopic (exact) mass is 299 g/mol. The van der Waals surface area contributed by atoms with Gasteiger partial charge in [-0.1, -0.05) is 25.0 Å². The molecule has 1 aliphatic carbocycles. The van der Waals surface area contributed by atoms with Crippen LogP contribution in [0.3, 0.4) is 0 Å². The topological polar surface area (TPSA) is 55.2 Å². The zero-order valence-corrected chi connectivity index (χ0v) is 12.9. The van der Waals surface area contributed by atoms with Crippen molar-refractivity contribution in [3.63, 3.8) is 0 Å². The molecular formula is C17H21N3O2. The molecule has 1 aromatic carbocycles. The fraction of sp³-hybridized carbons (Fsp3) is 0.471. The highest BCUT2D eigenvalue weighted by atomic mass is 16.2. The van der Waals surface area contributed by atoms with E-state index in [4.69, 9.17) is 0 Å². The van der Waals surface area contributed by atoms with Gasteiger partial charge in [-0.3, -0.25) is 14.2 Å². The summed E-state index contributed by atoms with van der Waals surface area (Å²) < 4.78 is 1.42. The normalized spacial score (nSPS) is 15.3. The average molecular weight is 299 g/mol. The van der Waals surface area contributed by atoms with Crippen LogP contribution in [-0.2, 0) is 11.3 Å². The van der Waals surface area contributed by atoms with Crippen molar-refractivity contribution in [2.24, 2.45) is 0 Å². The summed E-state index contributed by atoms with van der Waals surface area (Å²) in [6.45, 7) is 2.76. The Morgan fingerprint density at radius 1 is 1.32 bits per heavy atom. The third kappa shape index (κ3) is 2.75. The van der Waals surface area contributed by atoms with Crippen LogP contribution in [0.25, 0.3) is 10.9 Å². The Hall–Kier alpha value is -2.17. The Morgan fingerprint density at radius 3 is 2.77 bits per heavy atom. The molecule has 3 rings (SSSR count). The first-order valence-electron chi connectivity index (χ1n) is 7.94. The zero-order valence-electron chi connectivity index (χ0n) is 12.9. The van der Waals surface area contributed by atoms with Gasteiger partial charge in [-0.05, 0) is 31.9 Å². The molecule has 0 N–H and O–H groups in total. The van der Waals surface area contributed by atoms with E-state index < -0.39 is 0 Å². The summed E-state index contributed by atoms with van der Waals surface area (Å²) in [5.74, 6) is 0.00795. The molecule has 5 nitrogen and oxygen atoms in total. The van der Waals surface area contributed by atoms with E-state index in [2.05, 4.69) is 4.98 Å². The molecule has 2 aromatic rings. The van der Waals surface area contributed by atoms with Crippen molar-refractivity contribution in [1.82, 2.24) is 14.5 Å². The number of nitrogens with zero attached hydrogens (tertiary/aromatic N) is 3. The number of amides is 1. The Balaban J connectivity index is 1.84. The van der Waals surface area contributed by atoms with E-state index in [0.717, 1.165) is 12.8 Å². The summed E-state index contributed by atoms with van der Waals surface area (Å²) in [6.07, 6.45) is 6.00. The van der Waals surface area contributed by atoms with Crippen molar-refractivity contribution < 1.29 is 4.79 Å². The number of aromatic nitrogens is 2. The van der Waals surface area contributed by atoms with Gasteiger partial charge in [-0.25, -0.2) is 4.98 Å². The van der Waals surface area contributed by atoms with Gasteiger partial charge in [0.15, 0.2) is 0 Å². The van der Waals surface area contributed by atoms with Crippen LogP contribution in [0.1, 0.15) is 32.6 Å². The molecule has 1 saturated carbocycles. The molecule has 116 valence electrons. The Kier molecular flexibility index (Phi) is 4.22. The predicted molar refractivity (Wildman–Crippen MR) is 85.6 cm³/mol. The summed E-state index contributed by atoms with van der Waals surface area (Å²) in [6, 6.07) is 7.55. The Morgan fingerprint density at radius 2 is 2.05 bits per heavy atom. The lowest BCUT2D eigenvalue weighted by Crippen LogP contribution is -2.42. The first-order valence-corrected chi connectivity index (χ1v) is 7.94. The van der Waals surface area contributed by atoms with Crippen LogP contribution >= 0.6 is 0 Å². The molecule has 1 fully saturated rings. The number of hydrogen-bond donors (Lipinski definition) is 0. The number of benzene rings is 1. The molecule has 0 radical (unpaired) electrons. The number of para-hydroxylation sites is 1. The Labute approximate surface area is 129 Å². The summed E-state index contributed by atoms with van der Waals surface area (Å²) >= 11 is 0. The van der Waals surface area contributed by atoms with Crippen LogP contribution in [-0.4, -0.2) is 32.9 Å².